The van der Waals surface area contributed by atoms with Gasteiger partial charge >= 0.3 is 11.8 Å². The number of carbonyl (C=O) groups excluding carboxylic acids is 2. The summed E-state index contributed by atoms with van der Waals surface area (Å²) in [6.07, 6.45) is 1.58. The largest absolute Gasteiger partial charge is 0.343 e. The van der Waals surface area contributed by atoms with Crippen molar-refractivity contribution in [2.24, 2.45) is 0 Å². The van der Waals surface area contributed by atoms with Gasteiger partial charge in [-0.3, -0.25) is 13.8 Å². The molecule has 2 N–H and O–H groups in total. The average Bonchev–Trinajstić information content (AvgIpc) is 2.98. The first kappa shape index (κ1) is 15.4. The molecule has 1 aromatic carbocycles. The summed E-state index contributed by atoms with van der Waals surface area (Å²) in [4.78, 5) is 25.0. The lowest BCUT2D eigenvalue weighted by Gasteiger charge is -2.06. The minimum Gasteiger partial charge on any atom is -0.343 e. The third-order valence-corrected chi connectivity index (χ3v) is 4.47. The molecule has 110 valence electrons. The first-order chi connectivity index (χ1) is 10.1. The van der Waals surface area contributed by atoms with Gasteiger partial charge in [0.2, 0.25) is 0 Å². The van der Waals surface area contributed by atoms with Crippen LogP contribution in [0.1, 0.15) is 4.88 Å². The van der Waals surface area contributed by atoms with E-state index in [-0.39, 0.29) is 0 Å². The Kier molecular flexibility index (Phi) is 5.24. The van der Waals surface area contributed by atoms with Crippen LogP contribution in [-0.4, -0.2) is 22.3 Å². The molecule has 5 nitrogen and oxygen atoms in total. The molecule has 0 fully saturated rings. The summed E-state index contributed by atoms with van der Waals surface area (Å²) in [5, 5.41) is 6.94. The van der Waals surface area contributed by atoms with E-state index in [2.05, 4.69) is 10.6 Å². The maximum absolute atomic E-state index is 11.7. The highest BCUT2D eigenvalue weighted by Crippen LogP contribution is 2.12. The van der Waals surface area contributed by atoms with Crippen molar-refractivity contribution in [1.82, 2.24) is 5.32 Å². The molecule has 0 aliphatic rings. The van der Waals surface area contributed by atoms with Gasteiger partial charge in [-0.15, -0.1) is 11.3 Å². The van der Waals surface area contributed by atoms with Gasteiger partial charge in [0.1, 0.15) is 0 Å². The smallest absolute Gasteiger partial charge is 0.313 e. The summed E-state index contributed by atoms with van der Waals surface area (Å²) in [5.74, 6) is -1.41. The highest BCUT2D eigenvalue weighted by Gasteiger charge is 2.13. The van der Waals surface area contributed by atoms with Crippen molar-refractivity contribution in [1.29, 1.82) is 0 Å². The number of hydrogen-bond acceptors (Lipinski definition) is 4. The Bertz CT molecular complexity index is 651. The molecule has 0 saturated heterocycles. The number of amides is 2. The molecular formula is C14H14N2O3S2. The highest BCUT2D eigenvalue weighted by atomic mass is 32.2. The van der Waals surface area contributed by atoms with E-state index < -0.39 is 22.6 Å². The van der Waals surface area contributed by atoms with Crippen molar-refractivity contribution in [3.05, 3.63) is 46.7 Å². The topological polar surface area (TPSA) is 75.3 Å². The molecule has 2 amide bonds. The lowest BCUT2D eigenvalue weighted by molar-refractivity contribution is -0.136. The van der Waals surface area contributed by atoms with E-state index in [1.807, 2.05) is 17.5 Å². The number of thiophene rings is 1. The molecule has 0 aliphatic carbocycles. The first-order valence-corrected chi connectivity index (χ1v) is 8.55. The number of carbonyl (C=O) groups is 2. The Morgan fingerprint density at radius 2 is 1.86 bits per heavy atom. The van der Waals surface area contributed by atoms with Crippen molar-refractivity contribution < 1.29 is 13.8 Å². The normalized spacial score (nSPS) is 11.7. The van der Waals surface area contributed by atoms with Gasteiger partial charge in [0.15, 0.2) is 0 Å². The van der Waals surface area contributed by atoms with Crippen molar-refractivity contribution in [3.8, 4) is 0 Å². The summed E-state index contributed by atoms with van der Waals surface area (Å²) in [6.45, 7) is 0.331. The van der Waals surface area contributed by atoms with Crippen molar-refractivity contribution in [2.45, 2.75) is 11.4 Å². The van der Waals surface area contributed by atoms with Gasteiger partial charge in [-0.2, -0.15) is 0 Å². The number of benzene rings is 1. The van der Waals surface area contributed by atoms with Gasteiger partial charge in [0, 0.05) is 32.5 Å². The predicted molar refractivity (Wildman–Crippen MR) is 83.6 cm³/mol. The lowest BCUT2D eigenvalue weighted by atomic mass is 10.3. The Hall–Kier alpha value is -1.99. The maximum atomic E-state index is 11.7. The summed E-state index contributed by atoms with van der Waals surface area (Å²) in [6, 6.07) is 10.3. The van der Waals surface area contributed by atoms with Crippen LogP contribution in [0, 0.1) is 0 Å². The minimum atomic E-state index is -1.07. The molecule has 2 aromatic rings. The van der Waals surface area contributed by atoms with Crippen LogP contribution in [0.5, 0.6) is 0 Å². The molecule has 1 aromatic heterocycles. The molecule has 0 spiro atoms. The van der Waals surface area contributed by atoms with Gasteiger partial charge in [-0.1, -0.05) is 6.07 Å². The van der Waals surface area contributed by atoms with Gasteiger partial charge in [-0.25, -0.2) is 0 Å². The van der Waals surface area contributed by atoms with E-state index in [4.69, 9.17) is 0 Å². The molecule has 21 heavy (non-hydrogen) atoms. The minimum absolute atomic E-state index is 0.331. The van der Waals surface area contributed by atoms with E-state index in [1.54, 1.807) is 30.5 Å². The quantitative estimate of drug-likeness (QED) is 0.842. The monoisotopic (exact) mass is 322 g/mol. The Morgan fingerprint density at radius 1 is 1.14 bits per heavy atom. The van der Waals surface area contributed by atoms with Crippen LogP contribution in [0.2, 0.25) is 0 Å². The van der Waals surface area contributed by atoms with Crippen LogP contribution in [0.15, 0.2) is 46.7 Å². The second kappa shape index (κ2) is 7.14. The molecule has 0 saturated carbocycles. The number of hydrogen-bond donors (Lipinski definition) is 2. The van der Waals surface area contributed by atoms with Crippen molar-refractivity contribution in [3.63, 3.8) is 0 Å². The first-order valence-electron chi connectivity index (χ1n) is 6.11. The van der Waals surface area contributed by atoms with E-state index in [9.17, 15) is 13.8 Å². The molecule has 1 heterocycles. The summed E-state index contributed by atoms with van der Waals surface area (Å²) in [5.41, 5.74) is 0.487. The number of anilines is 1. The fourth-order valence-electron chi connectivity index (χ4n) is 1.58. The zero-order chi connectivity index (χ0) is 15.2. The van der Waals surface area contributed by atoms with Gasteiger partial charge in [0.25, 0.3) is 0 Å². The average molecular weight is 322 g/mol. The molecule has 1 atom stereocenters. The zero-order valence-corrected chi connectivity index (χ0v) is 12.9. The van der Waals surface area contributed by atoms with Crippen LogP contribution >= 0.6 is 11.3 Å². The SMILES string of the molecule is C[S@](=O)c1ccc(NC(=O)C(=O)NCc2cccs2)cc1. The molecule has 0 radical (unpaired) electrons. The second-order valence-electron chi connectivity index (χ2n) is 4.19. The van der Waals surface area contributed by atoms with E-state index in [0.717, 1.165) is 4.88 Å². The zero-order valence-electron chi connectivity index (χ0n) is 11.3. The molecule has 2 rings (SSSR count). The van der Waals surface area contributed by atoms with Crippen LogP contribution in [0.25, 0.3) is 0 Å². The van der Waals surface area contributed by atoms with E-state index in [1.165, 1.54) is 11.3 Å². The highest BCUT2D eigenvalue weighted by molar-refractivity contribution is 7.84. The Labute approximate surface area is 128 Å². The molecule has 0 unspecified atom stereocenters. The number of rotatable bonds is 4. The predicted octanol–water partition coefficient (Wildman–Crippen LogP) is 1.74. The van der Waals surface area contributed by atoms with Crippen LogP contribution in [0.3, 0.4) is 0 Å². The molecule has 7 heteroatoms. The maximum Gasteiger partial charge on any atom is 0.313 e. The molecule has 0 bridgehead atoms. The Morgan fingerprint density at radius 3 is 2.43 bits per heavy atom. The lowest BCUT2D eigenvalue weighted by Crippen LogP contribution is -2.34. The summed E-state index contributed by atoms with van der Waals surface area (Å²) < 4.78 is 11.2. The van der Waals surface area contributed by atoms with Gasteiger partial charge in [-0.05, 0) is 35.7 Å². The molecule has 0 aliphatic heterocycles. The second-order valence-corrected chi connectivity index (χ2v) is 6.61. The third-order valence-electron chi connectivity index (χ3n) is 2.65. The van der Waals surface area contributed by atoms with Gasteiger partial charge < -0.3 is 10.6 Å². The van der Waals surface area contributed by atoms with Crippen molar-refractivity contribution >= 4 is 39.6 Å². The summed E-state index contributed by atoms with van der Waals surface area (Å²) >= 11 is 1.51. The van der Waals surface area contributed by atoms with E-state index in [0.29, 0.717) is 17.1 Å². The van der Waals surface area contributed by atoms with Crippen LogP contribution < -0.4 is 10.6 Å². The number of nitrogens with one attached hydrogen (secondary N) is 2. The fourth-order valence-corrected chi connectivity index (χ4v) is 2.74. The summed E-state index contributed by atoms with van der Waals surface area (Å²) in [7, 11) is -1.07. The van der Waals surface area contributed by atoms with Crippen LogP contribution in [0.4, 0.5) is 5.69 Å². The fraction of sp³-hybridized carbons (Fsp3) is 0.143. The van der Waals surface area contributed by atoms with Crippen LogP contribution in [-0.2, 0) is 26.9 Å². The molecular weight excluding hydrogens is 308 g/mol. The van der Waals surface area contributed by atoms with Gasteiger partial charge in [0.05, 0.1) is 6.54 Å². The third kappa shape index (κ3) is 4.51. The standard InChI is InChI=1S/C14H14N2O3S2/c1-21(19)12-6-4-10(5-7-12)16-14(18)13(17)15-9-11-3-2-8-20-11/h2-8H,9H2,1H3,(H,15,17)(H,16,18)/t21-/m0/s1. The van der Waals surface area contributed by atoms with E-state index >= 15 is 0 Å². The van der Waals surface area contributed by atoms with Crippen molar-refractivity contribution in [2.75, 3.05) is 11.6 Å². The Balaban J connectivity index is 1.88.